The van der Waals surface area contributed by atoms with Crippen LogP contribution in [0, 0.1) is 6.92 Å². The summed E-state index contributed by atoms with van der Waals surface area (Å²) in [4.78, 5) is 0. The van der Waals surface area contributed by atoms with Crippen LogP contribution in [0.3, 0.4) is 0 Å². The lowest BCUT2D eigenvalue weighted by molar-refractivity contribution is 0.959. The lowest BCUT2D eigenvalue weighted by Crippen LogP contribution is -1.70. The number of nitrogens with one attached hydrogen (secondary N) is 1. The van der Waals surface area contributed by atoms with E-state index in [1.54, 1.807) is 0 Å². The highest BCUT2D eigenvalue weighted by Gasteiger charge is 1.98. The molecule has 1 aromatic heterocycles. The second-order valence-electron chi connectivity index (χ2n) is 4.05. The van der Waals surface area contributed by atoms with E-state index in [0.717, 1.165) is 22.4 Å². The molecule has 0 saturated carbocycles. The Morgan fingerprint density at radius 1 is 0.944 bits per heavy atom. The molecule has 0 bridgehead atoms. The van der Waals surface area contributed by atoms with Gasteiger partial charge in [0, 0.05) is 0 Å². The molecule has 0 unspecified atom stereocenters. The summed E-state index contributed by atoms with van der Waals surface area (Å²) in [5.74, 6) is 0. The standard InChI is InChI=1S/C13H11N5/c1-9-2-4-10(5-3-9)14-15-11-6-7-12-13(8-11)17-18-16-12/h2-8H,1H3,(H,16,17,18)/b15-14+. The van der Waals surface area contributed by atoms with Crippen LogP contribution in [-0.2, 0) is 0 Å². The Kier molecular flexibility index (Phi) is 2.57. The quantitative estimate of drug-likeness (QED) is 0.691. The van der Waals surface area contributed by atoms with E-state index in [9.17, 15) is 0 Å². The normalized spacial score (nSPS) is 11.4. The second-order valence-corrected chi connectivity index (χ2v) is 4.05. The van der Waals surface area contributed by atoms with Gasteiger partial charge in [-0.3, -0.25) is 5.10 Å². The van der Waals surface area contributed by atoms with Crippen LogP contribution in [0.2, 0.25) is 0 Å². The summed E-state index contributed by atoms with van der Waals surface area (Å²) in [6.45, 7) is 2.04. The minimum absolute atomic E-state index is 0.761. The third kappa shape index (κ3) is 2.10. The van der Waals surface area contributed by atoms with Gasteiger partial charge in [0.1, 0.15) is 5.52 Å². The summed E-state index contributed by atoms with van der Waals surface area (Å²) in [6.07, 6.45) is 0. The van der Waals surface area contributed by atoms with Gasteiger partial charge in [-0.1, -0.05) is 22.9 Å². The summed E-state index contributed by atoms with van der Waals surface area (Å²) in [5.41, 5.74) is 4.48. The zero-order valence-electron chi connectivity index (χ0n) is 9.83. The van der Waals surface area contributed by atoms with Crippen molar-refractivity contribution >= 4 is 22.4 Å². The summed E-state index contributed by atoms with van der Waals surface area (Å²) in [5, 5.41) is 18.8. The number of fused-ring (bicyclic) bond motifs is 1. The number of aromatic amines is 1. The monoisotopic (exact) mass is 237 g/mol. The first-order chi connectivity index (χ1) is 8.81. The summed E-state index contributed by atoms with van der Waals surface area (Å²) in [7, 11) is 0. The molecule has 0 aliphatic rings. The number of hydrogen-bond donors (Lipinski definition) is 1. The van der Waals surface area contributed by atoms with Crippen LogP contribution in [0.4, 0.5) is 11.4 Å². The fraction of sp³-hybridized carbons (Fsp3) is 0.0769. The van der Waals surface area contributed by atoms with Gasteiger partial charge in [-0.25, -0.2) is 0 Å². The van der Waals surface area contributed by atoms with E-state index in [1.165, 1.54) is 5.56 Å². The largest absolute Gasteiger partial charge is 0.258 e. The second kappa shape index (κ2) is 4.37. The number of aromatic nitrogens is 3. The molecule has 0 radical (unpaired) electrons. The molecule has 1 N–H and O–H groups in total. The van der Waals surface area contributed by atoms with E-state index < -0.39 is 0 Å². The van der Waals surface area contributed by atoms with E-state index in [4.69, 9.17) is 0 Å². The van der Waals surface area contributed by atoms with Crippen LogP contribution in [0.25, 0.3) is 11.0 Å². The maximum absolute atomic E-state index is 4.18. The molecule has 18 heavy (non-hydrogen) atoms. The minimum Gasteiger partial charge on any atom is -0.258 e. The molecule has 0 aliphatic heterocycles. The Labute approximate surface area is 104 Å². The van der Waals surface area contributed by atoms with Crippen molar-refractivity contribution in [3.05, 3.63) is 48.0 Å². The Morgan fingerprint density at radius 2 is 1.67 bits per heavy atom. The van der Waals surface area contributed by atoms with Crippen LogP contribution >= 0.6 is 0 Å². The van der Waals surface area contributed by atoms with E-state index in [1.807, 2.05) is 49.4 Å². The Balaban J connectivity index is 1.88. The summed E-state index contributed by atoms with van der Waals surface area (Å²) < 4.78 is 0. The van der Waals surface area contributed by atoms with Crippen molar-refractivity contribution in [2.24, 2.45) is 10.2 Å². The van der Waals surface area contributed by atoms with Gasteiger partial charge in [-0.15, -0.1) is 5.10 Å². The average Bonchev–Trinajstić information content (AvgIpc) is 2.85. The maximum atomic E-state index is 4.18. The van der Waals surface area contributed by atoms with Crippen LogP contribution in [0.5, 0.6) is 0 Å². The molecule has 2 aromatic carbocycles. The van der Waals surface area contributed by atoms with Crippen LogP contribution in [-0.4, -0.2) is 15.4 Å². The Hall–Kier alpha value is -2.56. The predicted octanol–water partition coefficient (Wildman–Crippen LogP) is 3.68. The molecule has 0 saturated heterocycles. The SMILES string of the molecule is Cc1ccc(/N=N/c2ccc3[nH]nnc3c2)cc1. The Morgan fingerprint density at radius 3 is 2.50 bits per heavy atom. The molecule has 3 rings (SSSR count). The smallest absolute Gasteiger partial charge is 0.115 e. The third-order valence-corrected chi connectivity index (χ3v) is 2.62. The van der Waals surface area contributed by atoms with Crippen molar-refractivity contribution in [1.82, 2.24) is 15.4 Å². The van der Waals surface area contributed by atoms with E-state index in [0.29, 0.717) is 0 Å². The predicted molar refractivity (Wildman–Crippen MR) is 69.2 cm³/mol. The highest BCUT2D eigenvalue weighted by Crippen LogP contribution is 2.21. The van der Waals surface area contributed by atoms with Crippen LogP contribution in [0.1, 0.15) is 5.56 Å². The number of rotatable bonds is 2. The maximum Gasteiger partial charge on any atom is 0.115 e. The van der Waals surface area contributed by atoms with Crippen LogP contribution in [0.15, 0.2) is 52.7 Å². The molecular weight excluding hydrogens is 226 g/mol. The van der Waals surface area contributed by atoms with Gasteiger partial charge in [0.2, 0.25) is 0 Å². The molecule has 0 aliphatic carbocycles. The molecule has 0 fully saturated rings. The van der Waals surface area contributed by atoms with Crippen molar-refractivity contribution in [2.45, 2.75) is 6.92 Å². The van der Waals surface area contributed by atoms with Crippen molar-refractivity contribution in [1.29, 1.82) is 0 Å². The molecule has 0 atom stereocenters. The van der Waals surface area contributed by atoms with Gasteiger partial charge in [-0.05, 0) is 37.3 Å². The van der Waals surface area contributed by atoms with Gasteiger partial charge >= 0.3 is 0 Å². The lowest BCUT2D eigenvalue weighted by atomic mass is 10.2. The third-order valence-electron chi connectivity index (χ3n) is 2.62. The zero-order valence-corrected chi connectivity index (χ0v) is 9.83. The molecule has 1 heterocycles. The van der Waals surface area contributed by atoms with Gasteiger partial charge in [0.05, 0.1) is 16.9 Å². The first-order valence-corrected chi connectivity index (χ1v) is 5.60. The van der Waals surface area contributed by atoms with Crippen LogP contribution < -0.4 is 0 Å². The van der Waals surface area contributed by atoms with E-state index in [-0.39, 0.29) is 0 Å². The number of azo groups is 1. The zero-order chi connectivity index (χ0) is 12.4. The van der Waals surface area contributed by atoms with Gasteiger partial charge < -0.3 is 0 Å². The highest BCUT2D eigenvalue weighted by molar-refractivity contribution is 5.76. The molecule has 3 aromatic rings. The van der Waals surface area contributed by atoms with Gasteiger partial charge in [0.15, 0.2) is 0 Å². The Bertz CT molecular complexity index is 697. The minimum atomic E-state index is 0.761. The number of nitrogens with zero attached hydrogens (tertiary/aromatic N) is 4. The molecule has 88 valence electrons. The van der Waals surface area contributed by atoms with E-state index in [2.05, 4.69) is 25.6 Å². The first-order valence-electron chi connectivity index (χ1n) is 5.60. The molecule has 0 amide bonds. The fourth-order valence-corrected chi connectivity index (χ4v) is 1.62. The average molecular weight is 237 g/mol. The molecule has 5 nitrogen and oxygen atoms in total. The number of benzene rings is 2. The summed E-state index contributed by atoms with van der Waals surface area (Å²) >= 11 is 0. The van der Waals surface area contributed by atoms with Crippen molar-refractivity contribution in [2.75, 3.05) is 0 Å². The van der Waals surface area contributed by atoms with Crippen molar-refractivity contribution < 1.29 is 0 Å². The highest BCUT2D eigenvalue weighted by atomic mass is 15.3. The number of hydrogen-bond acceptors (Lipinski definition) is 4. The lowest BCUT2D eigenvalue weighted by Gasteiger charge is -1.94. The molecule has 5 heteroatoms. The molecular formula is C13H11N5. The summed E-state index contributed by atoms with van der Waals surface area (Å²) in [6, 6.07) is 13.5. The first kappa shape index (κ1) is 10.6. The number of H-pyrrole nitrogens is 1. The van der Waals surface area contributed by atoms with Gasteiger partial charge in [0.25, 0.3) is 0 Å². The number of aryl methyl sites for hydroxylation is 1. The van der Waals surface area contributed by atoms with E-state index >= 15 is 0 Å². The van der Waals surface area contributed by atoms with Gasteiger partial charge in [-0.2, -0.15) is 10.2 Å². The molecule has 0 spiro atoms. The van der Waals surface area contributed by atoms with Crippen molar-refractivity contribution in [3.8, 4) is 0 Å². The topological polar surface area (TPSA) is 66.3 Å². The van der Waals surface area contributed by atoms with Crippen molar-refractivity contribution in [3.63, 3.8) is 0 Å². The fourth-order valence-electron chi connectivity index (χ4n) is 1.62.